The van der Waals surface area contributed by atoms with Crippen LogP contribution in [0.15, 0.2) is 0 Å². The van der Waals surface area contributed by atoms with Crippen molar-refractivity contribution in [1.82, 2.24) is 0 Å². The minimum Gasteiger partial charge on any atom is -0.234 e. The Balaban J connectivity index is -0.0000000800. The average molecular weight is 200 g/mol. The van der Waals surface area contributed by atoms with E-state index < -0.39 is 12.3 Å². The van der Waals surface area contributed by atoms with Crippen molar-refractivity contribution in [2.45, 2.75) is 12.2 Å². The second kappa shape index (κ2) is 10.6. The van der Waals surface area contributed by atoms with Crippen LogP contribution < -0.4 is 0 Å². The van der Waals surface area contributed by atoms with E-state index in [9.17, 15) is 0 Å². The van der Waals surface area contributed by atoms with Gasteiger partial charge in [-0.15, -0.1) is 24.8 Å². The van der Waals surface area contributed by atoms with E-state index in [2.05, 4.69) is 0 Å². The zero-order valence-electron chi connectivity index (χ0n) is 3.86. The molecule has 0 radical (unpaired) electrons. The van der Waals surface area contributed by atoms with Crippen molar-refractivity contribution in [2.75, 3.05) is 0 Å². The van der Waals surface area contributed by atoms with Crippen LogP contribution in [-0.4, -0.2) is 12.3 Å². The molecule has 0 heterocycles. The van der Waals surface area contributed by atoms with Crippen LogP contribution in [0, 0.1) is 0 Å². The van der Waals surface area contributed by atoms with Crippen LogP contribution in [0.3, 0.4) is 0 Å². The van der Waals surface area contributed by atoms with E-state index in [0.717, 1.165) is 5.28 Å². The fourth-order valence-corrected chi connectivity index (χ4v) is 0. The van der Waals surface area contributed by atoms with Gasteiger partial charge in [0.2, 0.25) is 0 Å². The average Bonchev–Trinajstić information content (AvgIpc) is 1.38. The first-order valence-corrected chi connectivity index (χ1v) is 5.86. The third-order valence-corrected chi connectivity index (χ3v) is 2.78. The van der Waals surface area contributed by atoms with Gasteiger partial charge in [0.25, 0.3) is 0 Å². The third-order valence-electron chi connectivity index (χ3n) is 0.309. The van der Waals surface area contributed by atoms with E-state index in [4.69, 9.17) is 20.1 Å². The number of hydrogen-bond donors (Lipinski definition) is 0. The summed E-state index contributed by atoms with van der Waals surface area (Å²) in [7, 11) is 10.7. The van der Waals surface area contributed by atoms with E-state index in [1.807, 2.05) is 6.92 Å². The van der Waals surface area contributed by atoms with E-state index in [1.165, 1.54) is 0 Å². The van der Waals surface area contributed by atoms with Gasteiger partial charge in [-0.3, -0.25) is 0 Å². The fourth-order valence-electron chi connectivity index (χ4n) is 0. The minimum absolute atomic E-state index is 0. The van der Waals surface area contributed by atoms with Crippen molar-refractivity contribution in [2.24, 2.45) is 0 Å². The molecule has 46 valence electrons. The molecule has 0 N–H and O–H groups in total. The molecule has 0 saturated heterocycles. The zero-order valence-corrected chi connectivity index (χ0v) is 8.16. The van der Waals surface area contributed by atoms with Crippen molar-refractivity contribution >= 4 is 57.2 Å². The van der Waals surface area contributed by atoms with Crippen molar-refractivity contribution in [1.29, 1.82) is 0 Å². The molecule has 0 bridgehead atoms. The largest absolute Gasteiger partial charge is 0.519 e. The Hall–Kier alpha value is 1.69. The van der Waals surface area contributed by atoms with Gasteiger partial charge >= 0.3 is 12.3 Å². The maximum atomic E-state index is 5.37. The quantitative estimate of drug-likeness (QED) is 0.570. The Bertz CT molecular complexity index is 23.7. The molecule has 0 aromatic carbocycles. The molecule has 0 aromatic heterocycles. The summed E-state index contributed by atoms with van der Waals surface area (Å²) in [5, 5.41) is 0.975. The van der Waals surface area contributed by atoms with E-state index in [-0.39, 0.29) is 24.8 Å². The summed E-state index contributed by atoms with van der Waals surface area (Å²) >= 11 is -1.21. The first-order chi connectivity index (χ1) is 2.27. The Morgan fingerprint density at radius 2 is 1.43 bits per heavy atom. The van der Waals surface area contributed by atoms with Crippen LogP contribution in [0.1, 0.15) is 6.92 Å². The molecule has 0 unspecified atom stereocenters. The zero-order chi connectivity index (χ0) is 4.28. The van der Waals surface area contributed by atoms with Gasteiger partial charge in [0.05, 0.1) is 0 Å². The molecule has 0 aliphatic carbocycles. The minimum atomic E-state index is -1.21. The highest BCUT2D eigenvalue weighted by atomic mass is 35.7. The lowest BCUT2D eigenvalue weighted by Crippen LogP contribution is -1.83. The van der Waals surface area contributed by atoms with Crippen molar-refractivity contribution < 1.29 is 0 Å². The number of rotatable bonds is 1. The second-order valence-corrected chi connectivity index (χ2v) is 6.23. The molecule has 0 spiro atoms. The molecule has 0 rings (SSSR count). The highest BCUT2D eigenvalue weighted by Crippen LogP contribution is 1.98. The van der Waals surface area contributed by atoms with Crippen LogP contribution >= 0.6 is 44.9 Å². The highest BCUT2D eigenvalue weighted by Gasteiger charge is 2.02. The predicted octanol–water partition coefficient (Wildman–Crippen LogP) is 2.82. The van der Waals surface area contributed by atoms with E-state index in [1.54, 1.807) is 0 Å². The fraction of sp³-hybridized carbons (Fsp3) is 1.00. The summed E-state index contributed by atoms with van der Waals surface area (Å²) in [5.74, 6) is 0. The number of halogens is 4. The van der Waals surface area contributed by atoms with Crippen LogP contribution in [0.5, 0.6) is 0 Å². The van der Waals surface area contributed by atoms with Gasteiger partial charge in [0.1, 0.15) is 0 Å². The van der Waals surface area contributed by atoms with Crippen molar-refractivity contribution in [3.63, 3.8) is 0 Å². The molecule has 0 aromatic rings. The summed E-state index contributed by atoms with van der Waals surface area (Å²) in [6.45, 7) is 2.00. The normalized spacial score (nSPS) is 5.57. The smallest absolute Gasteiger partial charge is 0.234 e. The molecular weight excluding hydrogens is 193 g/mol. The third kappa shape index (κ3) is 18.3. The Labute approximate surface area is 69.2 Å². The van der Waals surface area contributed by atoms with Crippen LogP contribution in [0.2, 0.25) is 5.28 Å². The van der Waals surface area contributed by atoms with Crippen molar-refractivity contribution in [3.05, 3.63) is 0 Å². The van der Waals surface area contributed by atoms with E-state index >= 15 is 0 Å². The molecule has 0 atom stereocenters. The standard InChI is InChI=1S/C2H5.Al.4ClH/c1-2;;;;;/h1H2,2H3;;4*1H/q;+2;;;;/p-2. The van der Waals surface area contributed by atoms with Crippen molar-refractivity contribution in [3.8, 4) is 0 Å². The summed E-state index contributed by atoms with van der Waals surface area (Å²) in [5.41, 5.74) is 0. The lowest BCUT2D eigenvalue weighted by molar-refractivity contribution is 1.47. The second-order valence-electron chi connectivity index (χ2n) is 0.799. The molecular formula is C2H7AlCl4. The molecule has 0 aliphatic heterocycles. The van der Waals surface area contributed by atoms with E-state index in [0.29, 0.717) is 0 Å². The predicted molar refractivity (Wildman–Crippen MR) is 42.4 cm³/mol. The van der Waals surface area contributed by atoms with Gasteiger partial charge in [-0.2, -0.15) is 0 Å². The molecule has 0 amide bonds. The molecule has 0 nitrogen and oxygen atoms in total. The van der Waals surface area contributed by atoms with Gasteiger partial charge in [-0.25, -0.2) is 20.1 Å². The molecule has 7 heavy (non-hydrogen) atoms. The van der Waals surface area contributed by atoms with Gasteiger partial charge in [-0.05, 0) is 0 Å². The number of hydrogen-bond acceptors (Lipinski definition) is 0. The Kier molecular flexibility index (Phi) is 24.1. The lowest BCUT2D eigenvalue weighted by atomic mass is 11.0. The summed E-state index contributed by atoms with van der Waals surface area (Å²) < 4.78 is 0. The van der Waals surface area contributed by atoms with Gasteiger partial charge in [0.15, 0.2) is 0 Å². The summed E-state index contributed by atoms with van der Waals surface area (Å²) in [4.78, 5) is 0. The Morgan fingerprint density at radius 3 is 1.43 bits per heavy atom. The van der Waals surface area contributed by atoms with Gasteiger partial charge < -0.3 is 0 Å². The maximum absolute atomic E-state index is 5.37. The maximum Gasteiger partial charge on any atom is 0.519 e. The summed E-state index contributed by atoms with van der Waals surface area (Å²) in [6.07, 6.45) is 0. The summed E-state index contributed by atoms with van der Waals surface area (Å²) in [6, 6.07) is 0. The monoisotopic (exact) mass is 198 g/mol. The Morgan fingerprint density at radius 1 is 1.29 bits per heavy atom. The first kappa shape index (κ1) is 15.9. The molecule has 0 saturated carbocycles. The van der Waals surface area contributed by atoms with Crippen LogP contribution in [0.25, 0.3) is 0 Å². The van der Waals surface area contributed by atoms with Gasteiger partial charge in [-0.1, -0.05) is 12.2 Å². The van der Waals surface area contributed by atoms with Crippen LogP contribution in [-0.2, 0) is 0 Å². The first-order valence-electron chi connectivity index (χ1n) is 1.55. The van der Waals surface area contributed by atoms with Crippen LogP contribution in [0.4, 0.5) is 0 Å². The van der Waals surface area contributed by atoms with Gasteiger partial charge in [0, 0.05) is 0 Å². The highest BCUT2D eigenvalue weighted by molar-refractivity contribution is 7.33. The SMILES string of the molecule is C[CH2][Al]([Cl])[Cl].Cl.Cl. The molecule has 0 fully saturated rings. The molecule has 0 aliphatic rings. The molecule has 5 heteroatoms. The lowest BCUT2D eigenvalue weighted by Gasteiger charge is -1.74. The topological polar surface area (TPSA) is 0 Å².